The maximum absolute atomic E-state index is 13.4. The number of aryl methyl sites for hydroxylation is 1. The lowest BCUT2D eigenvalue weighted by Gasteiger charge is -2.15. The van der Waals surface area contributed by atoms with E-state index >= 15 is 0 Å². The number of rotatable bonds is 6. The molecule has 0 radical (unpaired) electrons. The second-order valence-corrected chi connectivity index (χ2v) is 10.00. The first kappa shape index (κ1) is 24.0. The second-order valence-electron chi connectivity index (χ2n) is 8.32. The lowest BCUT2D eigenvalue weighted by Crippen LogP contribution is -2.27. The zero-order chi connectivity index (χ0) is 25.2. The average Bonchev–Trinajstić information content (AvgIpc) is 3.37. The Kier molecular flexibility index (Phi) is 6.71. The molecule has 0 atom stereocenters. The summed E-state index contributed by atoms with van der Waals surface area (Å²) in [5.74, 6) is -0.978. The molecule has 1 aliphatic heterocycles. The van der Waals surface area contributed by atoms with Crippen LogP contribution in [0.1, 0.15) is 29.3 Å². The van der Waals surface area contributed by atoms with Gasteiger partial charge in [-0.25, -0.2) is 4.39 Å². The maximum Gasteiger partial charge on any atom is 0.270 e. The molecule has 180 valence electrons. The van der Waals surface area contributed by atoms with E-state index in [0.29, 0.717) is 26.2 Å². The molecule has 1 fully saturated rings. The SMILES string of the molecule is CCCn1cc(/C=C2/SC(=S)N(c3cccc(C(=O)Nc4ccc(F)cc4)c3)C2=O)c2ccccc21. The van der Waals surface area contributed by atoms with Gasteiger partial charge in [-0.05, 0) is 61.0 Å². The summed E-state index contributed by atoms with van der Waals surface area (Å²) in [6.45, 7) is 3.02. The molecule has 36 heavy (non-hydrogen) atoms. The highest BCUT2D eigenvalue weighted by molar-refractivity contribution is 8.27. The molecule has 5 nitrogen and oxygen atoms in total. The predicted molar refractivity (Wildman–Crippen MR) is 149 cm³/mol. The summed E-state index contributed by atoms with van der Waals surface area (Å²) in [7, 11) is 0. The number of benzene rings is 3. The molecule has 1 N–H and O–H groups in total. The van der Waals surface area contributed by atoms with Crippen LogP contribution < -0.4 is 10.2 Å². The van der Waals surface area contributed by atoms with Crippen LogP contribution in [0.3, 0.4) is 0 Å². The Bertz CT molecular complexity index is 1530. The molecule has 1 saturated heterocycles. The lowest BCUT2D eigenvalue weighted by molar-refractivity contribution is -0.113. The minimum Gasteiger partial charge on any atom is -0.347 e. The third kappa shape index (κ3) is 4.69. The monoisotopic (exact) mass is 515 g/mol. The van der Waals surface area contributed by atoms with E-state index in [1.165, 1.54) is 40.9 Å². The number of amides is 2. The zero-order valence-corrected chi connectivity index (χ0v) is 21.0. The molecular formula is C28H22FN3O2S2. The van der Waals surface area contributed by atoms with Gasteiger partial charge in [0.2, 0.25) is 0 Å². The number of anilines is 2. The van der Waals surface area contributed by atoms with E-state index in [1.54, 1.807) is 24.3 Å². The molecule has 2 heterocycles. The van der Waals surface area contributed by atoms with Crippen LogP contribution in [0.2, 0.25) is 0 Å². The van der Waals surface area contributed by atoms with E-state index in [4.69, 9.17) is 12.2 Å². The van der Waals surface area contributed by atoms with E-state index in [-0.39, 0.29) is 17.6 Å². The first-order chi connectivity index (χ1) is 17.4. The Hall–Kier alpha value is -3.75. The number of nitrogens with one attached hydrogen (secondary N) is 1. The smallest absolute Gasteiger partial charge is 0.270 e. The molecule has 5 rings (SSSR count). The fourth-order valence-corrected chi connectivity index (χ4v) is 5.46. The third-order valence-electron chi connectivity index (χ3n) is 5.83. The van der Waals surface area contributed by atoms with Crippen molar-refractivity contribution in [1.29, 1.82) is 0 Å². The van der Waals surface area contributed by atoms with E-state index in [9.17, 15) is 14.0 Å². The van der Waals surface area contributed by atoms with Gasteiger partial charge in [0, 0.05) is 40.5 Å². The van der Waals surface area contributed by atoms with Gasteiger partial charge in [-0.3, -0.25) is 14.5 Å². The van der Waals surface area contributed by atoms with Gasteiger partial charge in [0.05, 0.1) is 10.6 Å². The van der Waals surface area contributed by atoms with E-state index in [0.717, 1.165) is 29.4 Å². The van der Waals surface area contributed by atoms with Crippen molar-refractivity contribution in [2.45, 2.75) is 19.9 Å². The molecule has 4 aromatic rings. The van der Waals surface area contributed by atoms with E-state index < -0.39 is 0 Å². The summed E-state index contributed by atoms with van der Waals surface area (Å²) >= 11 is 6.79. The minimum atomic E-state index is -0.382. The molecule has 0 bridgehead atoms. The number of aromatic nitrogens is 1. The molecule has 0 saturated carbocycles. The molecule has 2 amide bonds. The van der Waals surface area contributed by atoms with Crippen molar-refractivity contribution < 1.29 is 14.0 Å². The van der Waals surface area contributed by atoms with Gasteiger partial charge >= 0.3 is 0 Å². The molecule has 1 aromatic heterocycles. The van der Waals surface area contributed by atoms with Crippen LogP contribution in [-0.2, 0) is 11.3 Å². The van der Waals surface area contributed by atoms with Crippen molar-refractivity contribution in [2.24, 2.45) is 0 Å². The zero-order valence-electron chi connectivity index (χ0n) is 19.4. The van der Waals surface area contributed by atoms with Crippen molar-refractivity contribution in [2.75, 3.05) is 10.2 Å². The van der Waals surface area contributed by atoms with Crippen molar-refractivity contribution in [1.82, 2.24) is 4.57 Å². The maximum atomic E-state index is 13.4. The third-order valence-corrected chi connectivity index (χ3v) is 7.14. The number of carbonyl (C=O) groups is 2. The summed E-state index contributed by atoms with van der Waals surface area (Å²) in [6, 6.07) is 20.4. The van der Waals surface area contributed by atoms with Crippen molar-refractivity contribution in [3.63, 3.8) is 0 Å². The van der Waals surface area contributed by atoms with Crippen molar-refractivity contribution in [3.8, 4) is 0 Å². The Morgan fingerprint density at radius 2 is 1.86 bits per heavy atom. The summed E-state index contributed by atoms with van der Waals surface area (Å²) in [5, 5.41) is 3.82. The quantitative estimate of drug-likeness (QED) is 0.225. The summed E-state index contributed by atoms with van der Waals surface area (Å²) in [6.07, 6.45) is 4.96. The fraction of sp³-hybridized carbons (Fsp3) is 0.107. The minimum absolute atomic E-state index is 0.228. The van der Waals surface area contributed by atoms with Crippen LogP contribution in [0.5, 0.6) is 0 Å². The molecular weight excluding hydrogens is 493 g/mol. The summed E-state index contributed by atoms with van der Waals surface area (Å²) in [4.78, 5) is 28.1. The van der Waals surface area contributed by atoms with Crippen LogP contribution in [0.15, 0.2) is 83.9 Å². The number of para-hydroxylation sites is 1. The van der Waals surface area contributed by atoms with E-state index in [2.05, 4.69) is 35.1 Å². The first-order valence-electron chi connectivity index (χ1n) is 11.5. The predicted octanol–water partition coefficient (Wildman–Crippen LogP) is 6.85. The highest BCUT2D eigenvalue weighted by Gasteiger charge is 2.33. The number of carbonyl (C=O) groups excluding carboxylic acids is 2. The molecule has 3 aromatic carbocycles. The van der Waals surface area contributed by atoms with Crippen molar-refractivity contribution in [3.05, 3.63) is 101 Å². The highest BCUT2D eigenvalue weighted by Crippen LogP contribution is 2.37. The Morgan fingerprint density at radius 1 is 1.08 bits per heavy atom. The largest absolute Gasteiger partial charge is 0.347 e. The number of fused-ring (bicyclic) bond motifs is 1. The number of halogens is 1. The number of thiocarbonyl (C=S) groups is 1. The van der Waals surface area contributed by atoms with Gasteiger partial charge in [0.25, 0.3) is 11.8 Å². The van der Waals surface area contributed by atoms with Crippen LogP contribution in [0.25, 0.3) is 17.0 Å². The van der Waals surface area contributed by atoms with Gasteiger partial charge in [-0.1, -0.05) is 55.2 Å². The number of thioether (sulfide) groups is 1. The van der Waals surface area contributed by atoms with Crippen molar-refractivity contribution >= 4 is 68.5 Å². The van der Waals surface area contributed by atoms with Crippen LogP contribution >= 0.6 is 24.0 Å². The molecule has 0 spiro atoms. The average molecular weight is 516 g/mol. The summed E-state index contributed by atoms with van der Waals surface area (Å²) in [5.41, 5.74) is 3.44. The summed E-state index contributed by atoms with van der Waals surface area (Å²) < 4.78 is 15.8. The van der Waals surface area contributed by atoms with Gasteiger partial charge in [-0.2, -0.15) is 0 Å². The van der Waals surface area contributed by atoms with Crippen LogP contribution in [-0.4, -0.2) is 20.7 Å². The molecule has 0 aliphatic carbocycles. The second kappa shape index (κ2) is 10.1. The highest BCUT2D eigenvalue weighted by atomic mass is 32.2. The van der Waals surface area contributed by atoms with Gasteiger partial charge < -0.3 is 9.88 Å². The van der Waals surface area contributed by atoms with Gasteiger partial charge in [0.1, 0.15) is 5.82 Å². The standard InChI is InChI=1S/C28H22FN3O2S2/c1-2-14-31-17-19(23-8-3-4-9-24(23)31)16-25-27(34)32(28(35)36-25)22-7-5-6-18(15-22)26(33)30-21-12-10-20(29)11-13-21/h3-13,15-17H,2,14H2,1H3,(H,30,33)/b25-16+. The fourth-order valence-electron chi connectivity index (χ4n) is 4.17. The Morgan fingerprint density at radius 3 is 2.64 bits per heavy atom. The number of nitrogens with zero attached hydrogens (tertiary/aromatic N) is 2. The Balaban J connectivity index is 1.41. The Labute approximate surface area is 217 Å². The number of hydrogen-bond acceptors (Lipinski definition) is 4. The lowest BCUT2D eigenvalue weighted by atomic mass is 10.1. The first-order valence-corrected chi connectivity index (χ1v) is 12.7. The molecule has 0 unspecified atom stereocenters. The van der Waals surface area contributed by atoms with Gasteiger partial charge in [-0.15, -0.1) is 0 Å². The molecule has 8 heteroatoms. The van der Waals surface area contributed by atoms with E-state index in [1.807, 2.05) is 18.2 Å². The topological polar surface area (TPSA) is 54.3 Å². The molecule has 1 aliphatic rings. The number of hydrogen-bond donors (Lipinski definition) is 1. The normalized spacial score (nSPS) is 14.7. The van der Waals surface area contributed by atoms with Crippen LogP contribution in [0.4, 0.5) is 15.8 Å². The van der Waals surface area contributed by atoms with Gasteiger partial charge in [0.15, 0.2) is 4.32 Å². The van der Waals surface area contributed by atoms with Crippen LogP contribution in [0, 0.1) is 5.82 Å².